The number of amides is 2. The van der Waals surface area contributed by atoms with E-state index in [0.29, 0.717) is 39.0 Å². The van der Waals surface area contributed by atoms with Crippen LogP contribution in [0.2, 0.25) is 0 Å². The Morgan fingerprint density at radius 2 is 1.90 bits per heavy atom. The molecule has 1 saturated heterocycles. The van der Waals surface area contributed by atoms with E-state index >= 15 is 4.39 Å². The predicted octanol–water partition coefficient (Wildman–Crippen LogP) is 4.35. The summed E-state index contributed by atoms with van der Waals surface area (Å²) in [5, 5.41) is 3.14. The maximum absolute atomic E-state index is 15.6. The fraction of sp³-hybridized carbons (Fsp3) is 0.241. The van der Waals surface area contributed by atoms with Gasteiger partial charge < -0.3 is 25.3 Å². The monoisotopic (exact) mass is 546 g/mol. The van der Waals surface area contributed by atoms with E-state index in [4.69, 9.17) is 10.5 Å². The molecule has 2 aromatic carbocycles. The molecule has 11 heteroatoms. The fourth-order valence-corrected chi connectivity index (χ4v) is 4.81. The first kappa shape index (κ1) is 26.9. The molecule has 0 saturated carbocycles. The number of ether oxygens (including phenoxy) is 1. The number of aromatic nitrogens is 3. The molecule has 4 aromatic rings. The number of hydrogen-bond acceptors (Lipinski definition) is 6. The van der Waals surface area contributed by atoms with Crippen LogP contribution in [0.3, 0.4) is 0 Å². The van der Waals surface area contributed by atoms with Crippen molar-refractivity contribution < 1.29 is 23.1 Å². The number of nitrogen functional groups attached to an aromatic ring is 1. The van der Waals surface area contributed by atoms with Gasteiger partial charge in [-0.25, -0.2) is 18.7 Å². The zero-order valence-electron chi connectivity index (χ0n) is 22.3. The van der Waals surface area contributed by atoms with Gasteiger partial charge in [0.25, 0.3) is 11.8 Å². The van der Waals surface area contributed by atoms with Crippen LogP contribution in [0.15, 0.2) is 60.9 Å². The number of carbonyl (C=O) groups is 2. The highest BCUT2D eigenvalue weighted by atomic mass is 19.1. The van der Waals surface area contributed by atoms with Crippen molar-refractivity contribution in [1.82, 2.24) is 19.4 Å². The third kappa shape index (κ3) is 4.79. The summed E-state index contributed by atoms with van der Waals surface area (Å²) < 4.78 is 36.7. The third-order valence-electron chi connectivity index (χ3n) is 6.88. The van der Waals surface area contributed by atoms with Crippen molar-refractivity contribution >= 4 is 34.4 Å². The molecule has 0 radical (unpaired) electrons. The summed E-state index contributed by atoms with van der Waals surface area (Å²) in [7, 11) is 3.29. The summed E-state index contributed by atoms with van der Waals surface area (Å²) >= 11 is 0. The average Bonchev–Trinajstić information content (AvgIpc) is 3.20. The Bertz CT molecular complexity index is 1660. The molecule has 1 fully saturated rings. The number of aryl methyl sites for hydroxylation is 1. The lowest BCUT2D eigenvalue weighted by Crippen LogP contribution is -2.53. The van der Waals surface area contributed by atoms with Crippen molar-refractivity contribution in [3.8, 4) is 22.4 Å². The smallest absolute Gasteiger partial charge is 0.253 e. The minimum atomic E-state index is -1.54. The van der Waals surface area contributed by atoms with Crippen molar-refractivity contribution in [1.29, 1.82) is 0 Å². The highest BCUT2D eigenvalue weighted by Gasteiger charge is 2.40. The Labute approximate surface area is 229 Å². The van der Waals surface area contributed by atoms with Gasteiger partial charge in [-0.05, 0) is 42.8 Å². The summed E-state index contributed by atoms with van der Waals surface area (Å²) in [5.74, 6) is -1.12. The lowest BCUT2D eigenvalue weighted by Gasteiger charge is -2.36. The molecule has 0 spiro atoms. The number of anilines is 2. The Morgan fingerprint density at radius 3 is 2.50 bits per heavy atom. The predicted molar refractivity (Wildman–Crippen MR) is 149 cm³/mol. The number of benzene rings is 2. The van der Waals surface area contributed by atoms with Crippen molar-refractivity contribution in [2.24, 2.45) is 7.05 Å². The second kappa shape index (κ2) is 10.2. The van der Waals surface area contributed by atoms with Gasteiger partial charge >= 0.3 is 0 Å². The van der Waals surface area contributed by atoms with E-state index in [1.165, 1.54) is 17.3 Å². The van der Waals surface area contributed by atoms with Crippen LogP contribution < -0.4 is 11.1 Å². The molecule has 0 unspecified atom stereocenters. The molecule has 5 rings (SSSR count). The average molecular weight is 547 g/mol. The molecule has 0 bridgehead atoms. The van der Waals surface area contributed by atoms with Gasteiger partial charge in [-0.1, -0.05) is 18.7 Å². The van der Waals surface area contributed by atoms with Gasteiger partial charge in [0.2, 0.25) is 0 Å². The molecule has 2 aromatic heterocycles. The standard InChI is InChI=1S/C29H28F2N6O3/c1-16(2)27(38)35-19-9-10-20(21(30)11-19)24-22(23-25(32)33-15-34-26(23)37(24)4)17-5-7-18(8-6-17)28(39)36(3)12-29(31)13-40-14-29/h5-11,15H,1,12-14H2,2-4H3,(H,35,38)(H2,32,33,34). The fourth-order valence-electron chi connectivity index (χ4n) is 4.81. The molecule has 0 atom stereocenters. The maximum Gasteiger partial charge on any atom is 0.253 e. The second-order valence-corrected chi connectivity index (χ2v) is 10.1. The number of halogens is 2. The third-order valence-corrected chi connectivity index (χ3v) is 6.88. The first-order valence-corrected chi connectivity index (χ1v) is 12.5. The highest BCUT2D eigenvalue weighted by Crippen LogP contribution is 2.42. The number of alkyl halides is 1. The van der Waals surface area contributed by atoms with Crippen LogP contribution in [-0.2, 0) is 16.6 Å². The number of fused-ring (bicyclic) bond motifs is 1. The Balaban J connectivity index is 1.56. The quantitative estimate of drug-likeness (QED) is 0.333. The number of hydrogen-bond donors (Lipinski definition) is 2. The number of rotatable bonds is 7. The SMILES string of the molecule is C=C(C)C(=O)Nc1ccc(-c2c(-c3ccc(C(=O)N(C)CC4(F)COC4)cc3)c3c(N)ncnc3n2C)c(F)c1. The van der Waals surface area contributed by atoms with Crippen LogP contribution in [0.25, 0.3) is 33.4 Å². The van der Waals surface area contributed by atoms with Crippen LogP contribution in [0.5, 0.6) is 0 Å². The van der Waals surface area contributed by atoms with Crippen molar-refractivity contribution in [2.45, 2.75) is 12.6 Å². The van der Waals surface area contributed by atoms with Gasteiger partial charge in [0.05, 0.1) is 30.8 Å². The minimum Gasteiger partial charge on any atom is -0.383 e. The zero-order valence-corrected chi connectivity index (χ0v) is 22.3. The van der Waals surface area contributed by atoms with E-state index in [0.717, 1.165) is 0 Å². The summed E-state index contributed by atoms with van der Waals surface area (Å²) in [4.78, 5) is 34.8. The highest BCUT2D eigenvalue weighted by molar-refractivity contribution is 6.08. The Hall–Kier alpha value is -4.64. The van der Waals surface area contributed by atoms with Crippen LogP contribution in [-0.4, -0.2) is 63.7 Å². The molecule has 206 valence electrons. The van der Waals surface area contributed by atoms with Gasteiger partial charge in [-0.3, -0.25) is 9.59 Å². The van der Waals surface area contributed by atoms with Crippen molar-refractivity contribution in [3.05, 3.63) is 72.3 Å². The lowest BCUT2D eigenvalue weighted by atomic mass is 9.97. The van der Waals surface area contributed by atoms with E-state index in [1.54, 1.807) is 62.0 Å². The molecular weight excluding hydrogens is 518 g/mol. The molecular formula is C29H28F2N6O3. The van der Waals surface area contributed by atoms with E-state index in [9.17, 15) is 14.0 Å². The molecule has 1 aliphatic rings. The number of nitrogens with one attached hydrogen (secondary N) is 1. The summed E-state index contributed by atoms with van der Waals surface area (Å²) in [5.41, 5.74) is 8.14. The van der Waals surface area contributed by atoms with Crippen LogP contribution in [0.1, 0.15) is 17.3 Å². The van der Waals surface area contributed by atoms with Gasteiger partial charge in [0.15, 0.2) is 5.67 Å². The molecule has 3 N–H and O–H groups in total. The number of nitrogens with two attached hydrogens (primary N) is 1. The van der Waals surface area contributed by atoms with Crippen molar-refractivity contribution in [2.75, 3.05) is 37.9 Å². The van der Waals surface area contributed by atoms with Crippen LogP contribution >= 0.6 is 0 Å². The molecule has 0 aliphatic carbocycles. The summed E-state index contributed by atoms with van der Waals surface area (Å²) in [6, 6.07) is 11.1. The normalized spacial score (nSPS) is 14.0. The van der Waals surface area contributed by atoms with Crippen molar-refractivity contribution in [3.63, 3.8) is 0 Å². The van der Waals surface area contributed by atoms with Crippen LogP contribution in [0, 0.1) is 5.82 Å². The second-order valence-electron chi connectivity index (χ2n) is 10.1. The number of carbonyl (C=O) groups excluding carboxylic acids is 2. The zero-order chi connectivity index (χ0) is 28.8. The first-order valence-electron chi connectivity index (χ1n) is 12.5. The van der Waals surface area contributed by atoms with E-state index in [1.807, 2.05) is 0 Å². The molecule has 3 heterocycles. The molecule has 40 heavy (non-hydrogen) atoms. The van der Waals surface area contributed by atoms with E-state index in [2.05, 4.69) is 21.9 Å². The van der Waals surface area contributed by atoms with Gasteiger partial charge in [-0.15, -0.1) is 0 Å². The summed E-state index contributed by atoms with van der Waals surface area (Å²) in [6.07, 6.45) is 1.33. The van der Waals surface area contributed by atoms with Gasteiger partial charge in [-0.2, -0.15) is 0 Å². The first-order chi connectivity index (χ1) is 19.0. The maximum atomic E-state index is 15.6. The topological polar surface area (TPSA) is 115 Å². The summed E-state index contributed by atoms with van der Waals surface area (Å²) in [6.45, 7) is 5.02. The Kier molecular flexibility index (Phi) is 6.84. The van der Waals surface area contributed by atoms with E-state index < -0.39 is 17.4 Å². The Morgan fingerprint density at radius 1 is 1.20 bits per heavy atom. The molecule has 1 aliphatic heterocycles. The minimum absolute atomic E-state index is 0.0330. The van der Waals surface area contributed by atoms with Crippen LogP contribution in [0.4, 0.5) is 20.3 Å². The largest absolute Gasteiger partial charge is 0.383 e. The number of nitrogens with zero attached hydrogens (tertiary/aromatic N) is 4. The van der Waals surface area contributed by atoms with Gasteiger partial charge in [0, 0.05) is 42.0 Å². The lowest BCUT2D eigenvalue weighted by molar-refractivity contribution is -0.135. The van der Waals surface area contributed by atoms with Gasteiger partial charge in [0.1, 0.15) is 23.6 Å². The molecule has 2 amide bonds. The molecule has 9 nitrogen and oxygen atoms in total. The van der Waals surface area contributed by atoms with E-state index in [-0.39, 0.29) is 42.7 Å².